The zero-order valence-corrected chi connectivity index (χ0v) is 9.17. The van der Waals surface area contributed by atoms with Gasteiger partial charge in [-0.1, -0.05) is 12.1 Å². The summed E-state index contributed by atoms with van der Waals surface area (Å²) in [6.07, 6.45) is 1.50. The summed E-state index contributed by atoms with van der Waals surface area (Å²) < 4.78 is 39.3. The van der Waals surface area contributed by atoms with E-state index in [1.165, 1.54) is 24.4 Å². The first-order valence-corrected chi connectivity index (χ1v) is 5.08. The highest BCUT2D eigenvalue weighted by atomic mass is 19.1. The molecule has 0 fully saturated rings. The number of hydrogen-bond donors (Lipinski definition) is 0. The molecule has 4 heteroatoms. The maximum atomic E-state index is 13.6. The molecule has 0 N–H and O–H groups in total. The fourth-order valence-electron chi connectivity index (χ4n) is 1.55. The van der Waals surface area contributed by atoms with Crippen molar-refractivity contribution in [2.75, 3.05) is 0 Å². The molecule has 1 heterocycles. The lowest BCUT2D eigenvalue weighted by Crippen LogP contribution is -1.93. The average molecular weight is 237 g/mol. The van der Waals surface area contributed by atoms with Crippen molar-refractivity contribution in [1.82, 2.24) is 4.98 Å². The minimum absolute atomic E-state index is 0.0405. The molecule has 0 aliphatic heterocycles. The summed E-state index contributed by atoms with van der Waals surface area (Å²) in [6, 6.07) is 5.17. The number of aryl methyl sites for hydroxylation is 1. The zero-order chi connectivity index (χ0) is 12.4. The first-order chi connectivity index (χ1) is 8.11. The highest BCUT2D eigenvalue weighted by Gasteiger charge is 2.10. The largest absolute Gasteiger partial charge is 0.253 e. The molecule has 0 aliphatic rings. The van der Waals surface area contributed by atoms with E-state index in [0.717, 1.165) is 6.07 Å². The van der Waals surface area contributed by atoms with Crippen LogP contribution < -0.4 is 0 Å². The molecule has 1 aromatic carbocycles. The highest BCUT2D eigenvalue weighted by molar-refractivity contribution is 5.60. The van der Waals surface area contributed by atoms with Crippen molar-refractivity contribution < 1.29 is 13.2 Å². The molecule has 0 spiro atoms. The Balaban J connectivity index is 2.50. The predicted octanol–water partition coefficient (Wildman–Crippen LogP) is 3.80. The van der Waals surface area contributed by atoms with Crippen LogP contribution in [0.2, 0.25) is 0 Å². The van der Waals surface area contributed by atoms with Gasteiger partial charge in [0.2, 0.25) is 0 Å². The van der Waals surface area contributed by atoms with Gasteiger partial charge in [0.25, 0.3) is 0 Å². The molecule has 0 saturated heterocycles. The van der Waals surface area contributed by atoms with Gasteiger partial charge >= 0.3 is 0 Å². The second-order valence-corrected chi connectivity index (χ2v) is 3.78. The lowest BCUT2D eigenvalue weighted by Gasteiger charge is -2.05. The van der Waals surface area contributed by atoms with Crippen molar-refractivity contribution in [3.05, 3.63) is 53.2 Å². The normalized spacial score (nSPS) is 10.6. The van der Waals surface area contributed by atoms with Crippen LogP contribution >= 0.6 is 0 Å². The zero-order valence-electron chi connectivity index (χ0n) is 9.17. The van der Waals surface area contributed by atoms with E-state index in [1.54, 1.807) is 6.92 Å². The van der Waals surface area contributed by atoms with E-state index in [0.29, 0.717) is 11.1 Å². The van der Waals surface area contributed by atoms with Crippen molar-refractivity contribution in [3.63, 3.8) is 0 Å². The standard InChI is InChI=1S/C13H10F3N/c1-8-4-12(16)13(17-7-8)9-2-3-10(6-14)11(15)5-9/h2-5,7H,6H2,1H3. The van der Waals surface area contributed by atoms with Crippen LogP contribution in [-0.4, -0.2) is 4.98 Å². The Morgan fingerprint density at radius 3 is 2.47 bits per heavy atom. The molecule has 2 rings (SSSR count). The number of alkyl halides is 1. The number of nitrogens with zero attached hydrogens (tertiary/aromatic N) is 1. The van der Waals surface area contributed by atoms with E-state index in [9.17, 15) is 13.2 Å². The molecule has 1 aromatic heterocycles. The van der Waals surface area contributed by atoms with Crippen molar-refractivity contribution in [1.29, 1.82) is 0 Å². The van der Waals surface area contributed by atoms with Gasteiger partial charge in [0.15, 0.2) is 0 Å². The topological polar surface area (TPSA) is 12.9 Å². The summed E-state index contributed by atoms with van der Waals surface area (Å²) in [7, 11) is 0. The SMILES string of the molecule is Cc1cnc(-c2ccc(CF)c(F)c2)c(F)c1. The van der Waals surface area contributed by atoms with Gasteiger partial charge < -0.3 is 0 Å². The van der Waals surface area contributed by atoms with Crippen LogP contribution in [0.5, 0.6) is 0 Å². The predicted molar refractivity (Wildman–Crippen MR) is 59.1 cm³/mol. The number of benzene rings is 1. The van der Waals surface area contributed by atoms with E-state index < -0.39 is 18.3 Å². The maximum absolute atomic E-state index is 13.6. The van der Waals surface area contributed by atoms with Gasteiger partial charge in [-0.05, 0) is 24.6 Å². The Labute approximate surface area is 96.9 Å². The van der Waals surface area contributed by atoms with E-state index in [4.69, 9.17) is 0 Å². The van der Waals surface area contributed by atoms with Crippen LogP contribution in [0.1, 0.15) is 11.1 Å². The van der Waals surface area contributed by atoms with Gasteiger partial charge in [0.1, 0.15) is 24.0 Å². The summed E-state index contributed by atoms with van der Waals surface area (Å²) in [6.45, 7) is 0.836. The van der Waals surface area contributed by atoms with Gasteiger partial charge in [-0.2, -0.15) is 0 Å². The molecule has 1 nitrogen and oxygen atoms in total. The second kappa shape index (κ2) is 4.57. The number of pyridine rings is 1. The van der Waals surface area contributed by atoms with Gasteiger partial charge in [0.05, 0.1) is 0 Å². The van der Waals surface area contributed by atoms with Crippen LogP contribution in [0.4, 0.5) is 13.2 Å². The van der Waals surface area contributed by atoms with Gasteiger partial charge in [-0.25, -0.2) is 13.2 Å². The summed E-state index contributed by atoms with van der Waals surface area (Å²) in [5, 5.41) is 0. The molecular formula is C13H10F3N. The molecule has 0 unspecified atom stereocenters. The number of aromatic nitrogens is 1. The Hall–Kier alpha value is -1.84. The van der Waals surface area contributed by atoms with E-state index >= 15 is 0 Å². The van der Waals surface area contributed by atoms with Crippen LogP contribution in [-0.2, 0) is 6.67 Å². The maximum Gasteiger partial charge on any atom is 0.149 e. The van der Waals surface area contributed by atoms with Crippen molar-refractivity contribution in [2.45, 2.75) is 13.6 Å². The van der Waals surface area contributed by atoms with E-state index in [-0.39, 0.29) is 11.3 Å². The van der Waals surface area contributed by atoms with E-state index in [1.807, 2.05) is 0 Å². The Morgan fingerprint density at radius 1 is 1.12 bits per heavy atom. The third-order valence-corrected chi connectivity index (χ3v) is 2.45. The molecule has 88 valence electrons. The smallest absolute Gasteiger partial charge is 0.149 e. The lowest BCUT2D eigenvalue weighted by molar-refractivity contribution is 0.464. The number of halogens is 3. The first kappa shape index (κ1) is 11.6. The monoisotopic (exact) mass is 237 g/mol. The van der Waals surface area contributed by atoms with Gasteiger partial charge in [0, 0.05) is 17.3 Å². The van der Waals surface area contributed by atoms with Crippen LogP contribution in [0, 0.1) is 18.6 Å². The van der Waals surface area contributed by atoms with Crippen molar-refractivity contribution >= 4 is 0 Å². The molecule has 0 aliphatic carbocycles. The average Bonchev–Trinajstić information content (AvgIpc) is 2.29. The van der Waals surface area contributed by atoms with Crippen LogP contribution in [0.15, 0.2) is 30.5 Å². The van der Waals surface area contributed by atoms with Crippen molar-refractivity contribution in [3.8, 4) is 11.3 Å². The Bertz CT molecular complexity index is 552. The minimum Gasteiger partial charge on any atom is -0.253 e. The fraction of sp³-hybridized carbons (Fsp3) is 0.154. The summed E-state index contributed by atoms with van der Waals surface area (Å²) in [5.74, 6) is -1.20. The first-order valence-electron chi connectivity index (χ1n) is 5.08. The number of hydrogen-bond acceptors (Lipinski definition) is 1. The quantitative estimate of drug-likeness (QED) is 0.774. The molecule has 17 heavy (non-hydrogen) atoms. The molecule has 0 saturated carbocycles. The third-order valence-electron chi connectivity index (χ3n) is 2.45. The summed E-state index contributed by atoms with van der Waals surface area (Å²) >= 11 is 0. The molecular weight excluding hydrogens is 227 g/mol. The third kappa shape index (κ3) is 2.30. The molecule has 2 aromatic rings. The Kier molecular flexibility index (Phi) is 3.13. The Morgan fingerprint density at radius 2 is 1.88 bits per heavy atom. The van der Waals surface area contributed by atoms with Crippen LogP contribution in [0.25, 0.3) is 11.3 Å². The summed E-state index contributed by atoms with van der Waals surface area (Å²) in [4.78, 5) is 3.91. The molecule has 0 atom stereocenters. The molecule has 0 radical (unpaired) electrons. The van der Waals surface area contributed by atoms with Crippen LogP contribution in [0.3, 0.4) is 0 Å². The van der Waals surface area contributed by atoms with Crippen molar-refractivity contribution in [2.24, 2.45) is 0 Å². The second-order valence-electron chi connectivity index (χ2n) is 3.78. The van der Waals surface area contributed by atoms with E-state index in [2.05, 4.69) is 4.98 Å². The van der Waals surface area contributed by atoms with Gasteiger partial charge in [-0.3, -0.25) is 4.98 Å². The molecule has 0 amide bonds. The summed E-state index contributed by atoms with van der Waals surface area (Å²) in [5.41, 5.74) is 1.02. The minimum atomic E-state index is -0.879. The molecule has 0 bridgehead atoms. The lowest BCUT2D eigenvalue weighted by atomic mass is 10.1. The number of rotatable bonds is 2. The van der Waals surface area contributed by atoms with Gasteiger partial charge in [-0.15, -0.1) is 0 Å². The fourth-order valence-corrected chi connectivity index (χ4v) is 1.55. The highest BCUT2D eigenvalue weighted by Crippen LogP contribution is 2.23.